The molecule has 1 radical (unpaired) electrons. The van der Waals surface area contributed by atoms with Crippen LogP contribution in [0.15, 0.2) is 60.7 Å². The van der Waals surface area contributed by atoms with Crippen LogP contribution in [-0.4, -0.2) is 30.6 Å². The summed E-state index contributed by atoms with van der Waals surface area (Å²) in [6.07, 6.45) is 2.44. The molecule has 1 aliphatic heterocycles. The van der Waals surface area contributed by atoms with Crippen LogP contribution in [-0.2, 0) is 0 Å². The normalized spacial score (nSPS) is 16.7. The molecule has 1 heterocycles. The highest BCUT2D eigenvalue weighted by atomic mass is 15.2. The lowest BCUT2D eigenvalue weighted by molar-refractivity contribution is 0.220. The SMILES string of the molecule is C[C](C)CN1CCC(N(c2ccccc2)c2ccccc2)CC1. The number of piperidine rings is 1. The third-order valence-corrected chi connectivity index (χ3v) is 4.53. The molecule has 0 aliphatic carbocycles. The number of anilines is 2. The second kappa shape index (κ2) is 7.65. The fourth-order valence-electron chi connectivity index (χ4n) is 3.53. The van der Waals surface area contributed by atoms with E-state index in [9.17, 15) is 0 Å². The molecule has 121 valence electrons. The van der Waals surface area contributed by atoms with Gasteiger partial charge in [-0.25, -0.2) is 0 Å². The Balaban J connectivity index is 1.78. The van der Waals surface area contributed by atoms with Gasteiger partial charge in [-0.2, -0.15) is 0 Å². The Bertz CT molecular complexity index is 532. The molecule has 0 bridgehead atoms. The second-order valence-corrected chi connectivity index (χ2v) is 6.76. The van der Waals surface area contributed by atoms with Crippen molar-refractivity contribution >= 4 is 11.4 Å². The number of rotatable bonds is 5. The van der Waals surface area contributed by atoms with Crippen molar-refractivity contribution in [2.24, 2.45) is 0 Å². The topological polar surface area (TPSA) is 6.48 Å². The standard InChI is InChI=1S/C21H27N2/c1-18(2)17-22-15-13-21(14-16-22)23(19-9-5-3-6-10-19)20-11-7-4-8-12-20/h3-12,21H,13-17H2,1-2H3. The predicted octanol–water partition coefficient (Wildman–Crippen LogP) is 4.90. The van der Waals surface area contributed by atoms with Gasteiger partial charge in [-0.3, -0.25) is 0 Å². The largest absolute Gasteiger partial charge is 0.338 e. The molecule has 23 heavy (non-hydrogen) atoms. The van der Waals surface area contributed by atoms with Crippen LogP contribution < -0.4 is 4.90 Å². The molecule has 2 aromatic rings. The molecule has 0 amide bonds. The summed E-state index contributed by atoms with van der Waals surface area (Å²) in [7, 11) is 0. The molecule has 0 atom stereocenters. The van der Waals surface area contributed by atoms with E-state index in [0.29, 0.717) is 6.04 Å². The molecular formula is C21H27N2. The molecule has 0 saturated carbocycles. The van der Waals surface area contributed by atoms with Gasteiger partial charge in [0.05, 0.1) is 0 Å². The average molecular weight is 307 g/mol. The van der Waals surface area contributed by atoms with Crippen LogP contribution in [0.1, 0.15) is 26.7 Å². The van der Waals surface area contributed by atoms with E-state index >= 15 is 0 Å². The highest BCUT2D eigenvalue weighted by Crippen LogP contribution is 2.31. The zero-order chi connectivity index (χ0) is 16.1. The van der Waals surface area contributed by atoms with Crippen LogP contribution in [0.2, 0.25) is 0 Å². The van der Waals surface area contributed by atoms with Gasteiger partial charge < -0.3 is 9.80 Å². The monoisotopic (exact) mass is 307 g/mol. The Hall–Kier alpha value is -1.80. The van der Waals surface area contributed by atoms with Crippen LogP contribution in [0.3, 0.4) is 0 Å². The highest BCUT2D eigenvalue weighted by Gasteiger charge is 2.26. The minimum Gasteiger partial charge on any atom is -0.338 e. The number of para-hydroxylation sites is 2. The lowest BCUT2D eigenvalue weighted by atomic mass is 10.00. The van der Waals surface area contributed by atoms with Crippen molar-refractivity contribution in [3.05, 3.63) is 66.6 Å². The first kappa shape index (κ1) is 16.1. The maximum atomic E-state index is 2.58. The smallest absolute Gasteiger partial charge is 0.0413 e. The molecule has 2 heteroatoms. The lowest BCUT2D eigenvalue weighted by Crippen LogP contribution is -2.44. The van der Waals surface area contributed by atoms with Crippen molar-refractivity contribution in [2.45, 2.75) is 32.7 Å². The minimum atomic E-state index is 0.577. The Labute approximate surface area is 140 Å². The summed E-state index contributed by atoms with van der Waals surface area (Å²) >= 11 is 0. The van der Waals surface area contributed by atoms with Gasteiger partial charge in [0.1, 0.15) is 0 Å². The van der Waals surface area contributed by atoms with Gasteiger partial charge >= 0.3 is 0 Å². The van der Waals surface area contributed by atoms with Crippen molar-refractivity contribution in [2.75, 3.05) is 24.5 Å². The Kier molecular flexibility index (Phi) is 5.35. The van der Waals surface area contributed by atoms with Crippen molar-refractivity contribution in [3.8, 4) is 0 Å². The fourth-order valence-corrected chi connectivity index (χ4v) is 3.53. The summed E-state index contributed by atoms with van der Waals surface area (Å²) in [6, 6.07) is 22.2. The Morgan fingerprint density at radius 1 is 0.870 bits per heavy atom. The van der Waals surface area contributed by atoms with Gasteiger partial charge in [0.15, 0.2) is 0 Å². The number of nitrogens with zero attached hydrogens (tertiary/aromatic N) is 2. The zero-order valence-corrected chi connectivity index (χ0v) is 14.3. The van der Waals surface area contributed by atoms with Crippen molar-refractivity contribution in [1.29, 1.82) is 0 Å². The zero-order valence-electron chi connectivity index (χ0n) is 14.3. The molecule has 2 aromatic carbocycles. The first-order valence-corrected chi connectivity index (χ1v) is 8.65. The van der Waals surface area contributed by atoms with E-state index in [1.165, 1.54) is 43.2 Å². The molecule has 0 unspecified atom stereocenters. The Morgan fingerprint density at radius 3 is 1.78 bits per heavy atom. The van der Waals surface area contributed by atoms with Crippen molar-refractivity contribution in [3.63, 3.8) is 0 Å². The van der Waals surface area contributed by atoms with Crippen LogP contribution >= 0.6 is 0 Å². The molecular weight excluding hydrogens is 280 g/mol. The number of hydrogen-bond donors (Lipinski definition) is 0. The van der Waals surface area contributed by atoms with E-state index in [-0.39, 0.29) is 0 Å². The summed E-state index contributed by atoms with van der Waals surface area (Å²) < 4.78 is 0. The van der Waals surface area contributed by atoms with Crippen LogP contribution in [0.5, 0.6) is 0 Å². The van der Waals surface area contributed by atoms with Gasteiger partial charge in [0.25, 0.3) is 0 Å². The molecule has 1 fully saturated rings. The van der Waals surface area contributed by atoms with E-state index in [1.54, 1.807) is 0 Å². The summed E-state index contributed by atoms with van der Waals surface area (Å²) in [5, 5.41) is 0. The quantitative estimate of drug-likeness (QED) is 0.775. The Morgan fingerprint density at radius 2 is 1.35 bits per heavy atom. The third kappa shape index (κ3) is 4.14. The molecule has 1 aliphatic rings. The minimum absolute atomic E-state index is 0.577. The first-order valence-electron chi connectivity index (χ1n) is 8.65. The summed E-state index contributed by atoms with van der Waals surface area (Å²) in [6.45, 7) is 7.97. The lowest BCUT2D eigenvalue weighted by Gasteiger charge is -2.40. The van der Waals surface area contributed by atoms with Crippen LogP contribution in [0.25, 0.3) is 0 Å². The summed E-state index contributed by atoms with van der Waals surface area (Å²) in [5.41, 5.74) is 2.60. The number of hydrogen-bond acceptors (Lipinski definition) is 2. The van der Waals surface area contributed by atoms with E-state index in [0.717, 1.165) is 6.54 Å². The molecule has 0 aromatic heterocycles. The maximum Gasteiger partial charge on any atom is 0.0413 e. The highest BCUT2D eigenvalue weighted by molar-refractivity contribution is 5.64. The molecule has 3 rings (SSSR count). The van der Waals surface area contributed by atoms with Gasteiger partial charge in [-0.05, 0) is 43.0 Å². The summed E-state index contributed by atoms with van der Waals surface area (Å²) in [5.74, 6) is 1.51. The maximum absolute atomic E-state index is 2.58. The third-order valence-electron chi connectivity index (χ3n) is 4.53. The van der Waals surface area contributed by atoms with Gasteiger partial charge in [-0.15, -0.1) is 0 Å². The molecule has 1 saturated heterocycles. The van der Waals surface area contributed by atoms with Crippen molar-refractivity contribution < 1.29 is 0 Å². The predicted molar refractivity (Wildman–Crippen MR) is 99.1 cm³/mol. The fraction of sp³-hybridized carbons (Fsp3) is 0.381. The molecule has 0 spiro atoms. The van der Waals surface area contributed by atoms with Gasteiger partial charge in [0, 0.05) is 37.1 Å². The van der Waals surface area contributed by atoms with E-state index < -0.39 is 0 Å². The molecule has 0 N–H and O–H groups in total. The van der Waals surface area contributed by atoms with Gasteiger partial charge in [0.2, 0.25) is 0 Å². The number of benzene rings is 2. The first-order chi connectivity index (χ1) is 11.2. The van der Waals surface area contributed by atoms with E-state index in [4.69, 9.17) is 0 Å². The number of likely N-dealkylation sites (tertiary alicyclic amines) is 1. The second-order valence-electron chi connectivity index (χ2n) is 6.76. The summed E-state index contributed by atoms with van der Waals surface area (Å²) in [4.78, 5) is 5.11. The van der Waals surface area contributed by atoms with Crippen LogP contribution in [0, 0.1) is 5.92 Å². The van der Waals surface area contributed by atoms with E-state index in [2.05, 4.69) is 84.3 Å². The van der Waals surface area contributed by atoms with Gasteiger partial charge in [-0.1, -0.05) is 50.2 Å². The average Bonchev–Trinajstić information content (AvgIpc) is 2.58. The van der Waals surface area contributed by atoms with Crippen LogP contribution in [0.4, 0.5) is 11.4 Å². The van der Waals surface area contributed by atoms with E-state index in [1.807, 2.05) is 0 Å². The van der Waals surface area contributed by atoms with Crippen molar-refractivity contribution in [1.82, 2.24) is 4.90 Å². The molecule has 2 nitrogen and oxygen atoms in total.